The highest BCUT2D eigenvalue weighted by Crippen LogP contribution is 2.56. The SMILES string of the molecule is CC1(C)c2ccccc2-c2c1ccc1c3cccc4c5cc6c(cc5n(c21)c43)c1cccc2c3ccc4c(c3n6c12)-c1ccccc1C4(C)C. The van der Waals surface area contributed by atoms with Crippen molar-refractivity contribution in [3.05, 3.63) is 144 Å². The molecule has 0 fully saturated rings. The summed E-state index contributed by atoms with van der Waals surface area (Å²) in [5, 5.41) is 10.7. The van der Waals surface area contributed by atoms with Crippen LogP contribution in [0.2, 0.25) is 0 Å². The number of nitrogens with zero attached hydrogens (tertiary/aromatic N) is 2. The van der Waals surface area contributed by atoms with Crippen molar-refractivity contribution in [1.29, 1.82) is 0 Å². The zero-order valence-electron chi connectivity index (χ0n) is 28.4. The van der Waals surface area contributed by atoms with E-state index in [4.69, 9.17) is 0 Å². The van der Waals surface area contributed by atoms with Crippen molar-refractivity contribution in [2.75, 3.05) is 0 Å². The number of para-hydroxylation sites is 2. The first-order valence-corrected chi connectivity index (χ1v) is 18.0. The highest BCUT2D eigenvalue weighted by Gasteiger charge is 2.39. The fraction of sp³-hybridized carbons (Fsp3) is 0.125. The van der Waals surface area contributed by atoms with Crippen LogP contribution in [0.15, 0.2) is 121 Å². The average molecular weight is 637 g/mol. The van der Waals surface area contributed by atoms with E-state index in [-0.39, 0.29) is 10.8 Å². The lowest BCUT2D eigenvalue weighted by Gasteiger charge is -2.21. The molecular weight excluding hydrogens is 605 g/mol. The van der Waals surface area contributed by atoms with Crippen molar-refractivity contribution in [2.45, 2.75) is 38.5 Å². The molecule has 2 nitrogen and oxygen atoms in total. The summed E-state index contributed by atoms with van der Waals surface area (Å²) in [6.07, 6.45) is 0. The van der Waals surface area contributed by atoms with Gasteiger partial charge in [0.15, 0.2) is 0 Å². The zero-order chi connectivity index (χ0) is 33.0. The molecule has 0 N–H and O–H groups in total. The molecule has 7 aromatic carbocycles. The van der Waals surface area contributed by atoms with E-state index in [2.05, 4.69) is 158 Å². The minimum absolute atomic E-state index is 0.0489. The van der Waals surface area contributed by atoms with E-state index in [1.165, 1.54) is 121 Å². The van der Waals surface area contributed by atoms with Crippen molar-refractivity contribution < 1.29 is 0 Å². The number of benzene rings is 7. The van der Waals surface area contributed by atoms with Gasteiger partial charge in [0.25, 0.3) is 0 Å². The highest BCUT2D eigenvalue weighted by atomic mass is 14.9. The summed E-state index contributed by atoms with van der Waals surface area (Å²) in [5.41, 5.74) is 19.1. The lowest BCUT2D eigenvalue weighted by molar-refractivity contribution is 0.660. The number of aromatic nitrogens is 2. The third-order valence-corrected chi connectivity index (χ3v) is 13.2. The molecule has 2 aliphatic rings. The van der Waals surface area contributed by atoms with Gasteiger partial charge in [0.1, 0.15) is 0 Å². The second kappa shape index (κ2) is 7.95. The van der Waals surface area contributed by atoms with E-state index in [9.17, 15) is 0 Å². The zero-order valence-corrected chi connectivity index (χ0v) is 28.4. The van der Waals surface area contributed by atoms with E-state index in [1.807, 2.05) is 0 Å². The molecule has 0 saturated carbocycles. The summed E-state index contributed by atoms with van der Waals surface area (Å²) in [5.74, 6) is 0. The van der Waals surface area contributed by atoms with Crippen LogP contribution in [0.3, 0.4) is 0 Å². The predicted octanol–water partition coefficient (Wildman–Crippen LogP) is 12.6. The predicted molar refractivity (Wildman–Crippen MR) is 211 cm³/mol. The number of hydrogen-bond acceptors (Lipinski definition) is 0. The van der Waals surface area contributed by atoms with Crippen molar-refractivity contribution in [1.82, 2.24) is 8.80 Å². The summed E-state index contributed by atoms with van der Waals surface area (Å²) in [6.45, 7) is 9.55. The van der Waals surface area contributed by atoms with Crippen molar-refractivity contribution in [2.24, 2.45) is 0 Å². The first-order valence-electron chi connectivity index (χ1n) is 18.0. The molecule has 2 heteroatoms. The maximum atomic E-state index is 2.62. The van der Waals surface area contributed by atoms with Gasteiger partial charge in [0.05, 0.1) is 33.1 Å². The molecule has 2 aliphatic carbocycles. The molecule has 0 radical (unpaired) electrons. The van der Waals surface area contributed by atoms with Crippen LogP contribution in [0.5, 0.6) is 0 Å². The summed E-state index contributed by atoms with van der Waals surface area (Å²) in [6, 6.07) is 46.6. The molecule has 13 rings (SSSR count). The van der Waals surface area contributed by atoms with Gasteiger partial charge < -0.3 is 8.80 Å². The molecule has 0 spiro atoms. The summed E-state index contributed by atoms with van der Waals surface area (Å²) in [7, 11) is 0. The first-order chi connectivity index (χ1) is 24.4. The lowest BCUT2D eigenvalue weighted by Crippen LogP contribution is -2.14. The Labute approximate surface area is 288 Å². The van der Waals surface area contributed by atoms with Crippen LogP contribution in [-0.2, 0) is 10.8 Å². The quantitative estimate of drug-likeness (QED) is 0.157. The van der Waals surface area contributed by atoms with Crippen LogP contribution in [-0.4, -0.2) is 8.80 Å². The second-order valence-corrected chi connectivity index (χ2v) is 16.1. The molecule has 11 aromatic rings. The van der Waals surface area contributed by atoms with Gasteiger partial charge in [0, 0.05) is 65.0 Å². The molecule has 0 aliphatic heterocycles. The molecule has 0 atom stereocenters. The van der Waals surface area contributed by atoms with Gasteiger partial charge in [-0.3, -0.25) is 0 Å². The molecule has 234 valence electrons. The highest BCUT2D eigenvalue weighted by molar-refractivity contribution is 6.30. The Kier molecular flexibility index (Phi) is 4.15. The number of rotatable bonds is 0. The maximum Gasteiger partial charge on any atom is 0.0623 e. The molecular formula is C48H32N2. The lowest BCUT2D eigenvalue weighted by atomic mass is 9.82. The summed E-state index contributed by atoms with van der Waals surface area (Å²) in [4.78, 5) is 0. The minimum atomic E-state index is -0.0489. The average Bonchev–Trinajstić information content (AvgIpc) is 3.93. The van der Waals surface area contributed by atoms with Gasteiger partial charge in [-0.15, -0.1) is 0 Å². The van der Waals surface area contributed by atoms with Crippen LogP contribution in [0.1, 0.15) is 49.9 Å². The van der Waals surface area contributed by atoms with Gasteiger partial charge in [-0.25, -0.2) is 0 Å². The standard InChI is InChI=1S/C48H32N2/c1-47(2)35-17-7-5-11-31(35)41-37(47)21-19-29-25-13-9-15-27-33-24-40-34(23-39(33)49(43(25)27)45(29)41)28-16-10-14-26-30-20-22-38-42(46(30)50(40)44(26)28)32-12-6-8-18-36(32)48(38,3)4/h5-24H,1-4H3. The summed E-state index contributed by atoms with van der Waals surface area (Å²) < 4.78 is 5.24. The molecule has 4 aromatic heterocycles. The van der Waals surface area contributed by atoms with Gasteiger partial charge >= 0.3 is 0 Å². The van der Waals surface area contributed by atoms with Crippen LogP contribution in [0.25, 0.3) is 98.4 Å². The van der Waals surface area contributed by atoms with E-state index >= 15 is 0 Å². The molecule has 0 saturated heterocycles. The Morgan fingerprint density at radius 3 is 1.16 bits per heavy atom. The van der Waals surface area contributed by atoms with Crippen LogP contribution < -0.4 is 0 Å². The fourth-order valence-corrected chi connectivity index (χ4v) is 11.0. The first kappa shape index (κ1) is 26.1. The molecule has 0 amide bonds. The monoisotopic (exact) mass is 636 g/mol. The van der Waals surface area contributed by atoms with Gasteiger partial charge in [-0.1, -0.05) is 137 Å². The minimum Gasteiger partial charge on any atom is -0.307 e. The largest absolute Gasteiger partial charge is 0.307 e. The van der Waals surface area contributed by atoms with Gasteiger partial charge in [0.2, 0.25) is 0 Å². The third kappa shape index (κ3) is 2.58. The smallest absolute Gasteiger partial charge is 0.0623 e. The molecule has 0 unspecified atom stereocenters. The Balaban J connectivity index is 1.25. The Morgan fingerprint density at radius 2 is 0.720 bits per heavy atom. The molecule has 50 heavy (non-hydrogen) atoms. The van der Waals surface area contributed by atoms with Gasteiger partial charge in [-0.2, -0.15) is 0 Å². The number of hydrogen-bond donors (Lipinski definition) is 0. The number of fused-ring (bicyclic) bond motifs is 20. The van der Waals surface area contributed by atoms with Crippen molar-refractivity contribution >= 4 is 76.2 Å². The Hall–Kier alpha value is -5.86. The van der Waals surface area contributed by atoms with E-state index in [0.717, 1.165) is 0 Å². The van der Waals surface area contributed by atoms with Crippen LogP contribution in [0.4, 0.5) is 0 Å². The van der Waals surface area contributed by atoms with E-state index in [1.54, 1.807) is 0 Å². The van der Waals surface area contributed by atoms with E-state index in [0.29, 0.717) is 0 Å². The maximum absolute atomic E-state index is 2.62. The van der Waals surface area contributed by atoms with Crippen LogP contribution >= 0.6 is 0 Å². The van der Waals surface area contributed by atoms with Crippen LogP contribution in [0, 0.1) is 0 Å². The van der Waals surface area contributed by atoms with Crippen molar-refractivity contribution in [3.8, 4) is 22.3 Å². The fourth-order valence-electron chi connectivity index (χ4n) is 11.0. The molecule has 4 heterocycles. The Morgan fingerprint density at radius 1 is 0.340 bits per heavy atom. The normalized spacial score (nSPS) is 15.9. The second-order valence-electron chi connectivity index (χ2n) is 16.1. The van der Waals surface area contributed by atoms with E-state index < -0.39 is 0 Å². The molecule has 0 bridgehead atoms. The topological polar surface area (TPSA) is 8.82 Å². The Bertz CT molecular complexity index is 3140. The van der Waals surface area contributed by atoms with Gasteiger partial charge in [-0.05, 0) is 45.5 Å². The summed E-state index contributed by atoms with van der Waals surface area (Å²) >= 11 is 0. The van der Waals surface area contributed by atoms with Crippen molar-refractivity contribution in [3.63, 3.8) is 0 Å². The third-order valence-electron chi connectivity index (χ3n) is 13.2.